The molecule has 0 radical (unpaired) electrons. The van der Waals surface area contributed by atoms with Gasteiger partial charge in [-0.3, -0.25) is 0 Å². The fourth-order valence-electron chi connectivity index (χ4n) is 8.14. The third kappa shape index (κ3) is 4.59. The molecule has 0 unspecified atom stereocenters. The van der Waals surface area contributed by atoms with Crippen molar-refractivity contribution < 1.29 is 0 Å². The molecule has 7 aromatic carbocycles. The van der Waals surface area contributed by atoms with Gasteiger partial charge in [0.1, 0.15) is 12.1 Å². The Balaban J connectivity index is 1.65. The minimum absolute atomic E-state index is 0.355. The Morgan fingerprint density at radius 1 is 0.385 bits per heavy atom. The van der Waals surface area contributed by atoms with E-state index < -0.39 is 0 Å². The second-order valence-electron chi connectivity index (χ2n) is 13.9. The van der Waals surface area contributed by atoms with Crippen molar-refractivity contribution in [2.24, 2.45) is 0 Å². The van der Waals surface area contributed by atoms with E-state index in [0.717, 1.165) is 77.2 Å². The second-order valence-corrected chi connectivity index (χ2v) is 13.9. The molecule has 0 aliphatic heterocycles. The number of benzene rings is 7. The van der Waals surface area contributed by atoms with Gasteiger partial charge in [-0.15, -0.1) is 0 Å². The van der Waals surface area contributed by atoms with Crippen LogP contribution in [-0.2, 0) is 0 Å². The predicted molar refractivity (Wildman–Crippen MR) is 214 cm³/mol. The van der Waals surface area contributed by atoms with E-state index in [1.165, 1.54) is 22.3 Å². The van der Waals surface area contributed by atoms with Crippen LogP contribution in [0.15, 0.2) is 133 Å². The molecule has 2 aromatic heterocycles. The molecule has 0 atom stereocenters. The van der Waals surface area contributed by atoms with Crippen molar-refractivity contribution in [2.45, 2.75) is 27.7 Å². The molecule has 4 nitrogen and oxygen atoms in total. The highest BCUT2D eigenvalue weighted by atomic mass is 15.1. The standard InChI is InChI=1S/C48H34N4/c1-29-15-19-41-35(23-29)36-24-30(2)16-20-42(36)51(41)47-45(33-11-7-5-8-12-33)39(27-49)40(28-50)46(34-13-9-6-10-14-34)48(47)52-43-21-17-31(3)25-37(43)38-26-32(4)18-22-44(38)52/h5-26H,1-4H3. The lowest BCUT2D eigenvalue weighted by Gasteiger charge is -2.26. The molecule has 52 heavy (non-hydrogen) atoms. The summed E-state index contributed by atoms with van der Waals surface area (Å²) in [4.78, 5) is 0. The van der Waals surface area contributed by atoms with Crippen molar-refractivity contribution in [3.8, 4) is 45.8 Å². The lowest BCUT2D eigenvalue weighted by atomic mass is 9.86. The van der Waals surface area contributed by atoms with E-state index in [2.05, 4.69) is 122 Å². The van der Waals surface area contributed by atoms with Crippen molar-refractivity contribution in [1.29, 1.82) is 10.5 Å². The number of nitrogens with zero attached hydrogens (tertiary/aromatic N) is 4. The maximum Gasteiger partial charge on any atom is 0.101 e. The summed E-state index contributed by atoms with van der Waals surface area (Å²) < 4.78 is 4.69. The summed E-state index contributed by atoms with van der Waals surface area (Å²) in [6, 6.07) is 51.8. The monoisotopic (exact) mass is 666 g/mol. The average molecular weight is 667 g/mol. The first-order valence-corrected chi connectivity index (χ1v) is 17.6. The molecule has 0 N–H and O–H groups in total. The van der Waals surface area contributed by atoms with Crippen molar-refractivity contribution in [1.82, 2.24) is 9.13 Å². The highest BCUT2D eigenvalue weighted by molar-refractivity contribution is 6.14. The summed E-state index contributed by atoms with van der Waals surface area (Å²) in [6.07, 6.45) is 0. The molecule has 0 bridgehead atoms. The summed E-state index contributed by atoms with van der Waals surface area (Å²) in [6.45, 7) is 8.52. The van der Waals surface area contributed by atoms with Gasteiger partial charge in [-0.25, -0.2) is 0 Å². The van der Waals surface area contributed by atoms with E-state index in [4.69, 9.17) is 0 Å². The lowest BCUT2D eigenvalue weighted by molar-refractivity contribution is 1.09. The summed E-state index contributed by atoms with van der Waals surface area (Å²) in [5.41, 5.74) is 14.4. The molecule has 0 saturated heterocycles. The SMILES string of the molecule is Cc1ccc2c(c1)c1cc(C)ccc1n2-c1c(-c2ccccc2)c(C#N)c(C#N)c(-c2ccccc2)c1-n1c2ccc(C)cc2c2cc(C)ccc21. The zero-order chi connectivity index (χ0) is 35.7. The van der Waals surface area contributed by atoms with Gasteiger partial charge >= 0.3 is 0 Å². The second kappa shape index (κ2) is 11.9. The van der Waals surface area contributed by atoms with Crippen molar-refractivity contribution in [3.05, 3.63) is 167 Å². The van der Waals surface area contributed by atoms with Crippen LogP contribution in [0.1, 0.15) is 33.4 Å². The van der Waals surface area contributed by atoms with Crippen LogP contribution in [0.4, 0.5) is 0 Å². The van der Waals surface area contributed by atoms with Crippen LogP contribution in [0.5, 0.6) is 0 Å². The van der Waals surface area contributed by atoms with Crippen LogP contribution in [0.2, 0.25) is 0 Å². The zero-order valence-corrected chi connectivity index (χ0v) is 29.5. The van der Waals surface area contributed by atoms with Crippen LogP contribution in [0, 0.1) is 50.4 Å². The number of aromatic nitrogens is 2. The molecule has 0 aliphatic rings. The van der Waals surface area contributed by atoms with Crippen LogP contribution in [-0.4, -0.2) is 9.13 Å². The first kappa shape index (κ1) is 31.1. The van der Waals surface area contributed by atoms with E-state index in [9.17, 15) is 10.5 Å². The highest BCUT2D eigenvalue weighted by Gasteiger charge is 2.31. The number of nitriles is 2. The molecule has 0 fully saturated rings. The quantitative estimate of drug-likeness (QED) is 0.188. The number of hydrogen-bond donors (Lipinski definition) is 0. The molecule has 4 heteroatoms. The largest absolute Gasteiger partial charge is 0.307 e. The lowest BCUT2D eigenvalue weighted by Crippen LogP contribution is -2.11. The first-order valence-electron chi connectivity index (χ1n) is 17.6. The Kier molecular flexibility index (Phi) is 7.11. The Morgan fingerprint density at radius 2 is 0.673 bits per heavy atom. The molecule has 9 aromatic rings. The summed E-state index contributed by atoms with van der Waals surface area (Å²) >= 11 is 0. The van der Waals surface area contributed by atoms with Crippen molar-refractivity contribution in [3.63, 3.8) is 0 Å². The Morgan fingerprint density at radius 3 is 0.942 bits per heavy atom. The first-order chi connectivity index (χ1) is 25.4. The number of aryl methyl sites for hydroxylation is 4. The highest BCUT2D eigenvalue weighted by Crippen LogP contribution is 2.49. The fraction of sp³-hybridized carbons (Fsp3) is 0.0833. The Labute approximate surface area is 302 Å². The van der Waals surface area contributed by atoms with E-state index in [0.29, 0.717) is 11.1 Å². The van der Waals surface area contributed by atoms with Gasteiger partial charge in [-0.05, 0) is 87.4 Å². The third-order valence-electron chi connectivity index (χ3n) is 10.4. The molecule has 246 valence electrons. The molecule has 0 saturated carbocycles. The molecule has 2 heterocycles. The zero-order valence-electron chi connectivity index (χ0n) is 29.5. The Hall–Kier alpha value is -6.88. The van der Waals surface area contributed by atoms with E-state index in [1.807, 2.05) is 60.7 Å². The van der Waals surface area contributed by atoms with Gasteiger partial charge in [0.25, 0.3) is 0 Å². The number of fused-ring (bicyclic) bond motifs is 6. The number of hydrogen-bond acceptors (Lipinski definition) is 2. The van der Waals surface area contributed by atoms with E-state index in [-0.39, 0.29) is 0 Å². The van der Waals surface area contributed by atoms with Crippen LogP contribution in [0.3, 0.4) is 0 Å². The molecule has 0 amide bonds. The minimum Gasteiger partial charge on any atom is -0.307 e. The summed E-state index contributed by atoms with van der Waals surface area (Å²) in [5, 5.41) is 26.9. The van der Waals surface area contributed by atoms with Crippen molar-refractivity contribution in [2.75, 3.05) is 0 Å². The van der Waals surface area contributed by atoms with Crippen LogP contribution in [0.25, 0.3) is 77.2 Å². The van der Waals surface area contributed by atoms with Gasteiger partial charge in [-0.1, -0.05) is 107 Å². The fourth-order valence-corrected chi connectivity index (χ4v) is 8.14. The van der Waals surface area contributed by atoms with Gasteiger partial charge in [0.2, 0.25) is 0 Å². The maximum atomic E-state index is 11.2. The average Bonchev–Trinajstić information content (AvgIpc) is 3.64. The predicted octanol–water partition coefficient (Wildman–Crippen LogP) is 12.2. The van der Waals surface area contributed by atoms with Crippen molar-refractivity contribution >= 4 is 43.6 Å². The van der Waals surface area contributed by atoms with Gasteiger partial charge in [0, 0.05) is 32.7 Å². The molecular weight excluding hydrogens is 633 g/mol. The van der Waals surface area contributed by atoms with Crippen LogP contribution < -0.4 is 0 Å². The maximum absolute atomic E-state index is 11.2. The van der Waals surface area contributed by atoms with E-state index in [1.54, 1.807) is 0 Å². The number of rotatable bonds is 4. The molecular formula is C48H34N4. The van der Waals surface area contributed by atoms with E-state index >= 15 is 0 Å². The van der Waals surface area contributed by atoms with Gasteiger partial charge < -0.3 is 9.13 Å². The normalized spacial score (nSPS) is 11.4. The molecule has 9 rings (SSSR count). The smallest absolute Gasteiger partial charge is 0.101 e. The summed E-state index contributed by atoms with van der Waals surface area (Å²) in [7, 11) is 0. The molecule has 0 aliphatic carbocycles. The Bertz CT molecular complexity index is 2680. The van der Waals surface area contributed by atoms with Crippen LogP contribution >= 0.6 is 0 Å². The molecule has 0 spiro atoms. The van der Waals surface area contributed by atoms with Gasteiger partial charge in [0.05, 0.1) is 44.6 Å². The van der Waals surface area contributed by atoms with Gasteiger partial charge in [0.15, 0.2) is 0 Å². The topological polar surface area (TPSA) is 57.4 Å². The van der Waals surface area contributed by atoms with Gasteiger partial charge in [-0.2, -0.15) is 10.5 Å². The third-order valence-corrected chi connectivity index (χ3v) is 10.4. The minimum atomic E-state index is 0.355. The summed E-state index contributed by atoms with van der Waals surface area (Å²) in [5.74, 6) is 0.